The van der Waals surface area contributed by atoms with Crippen molar-refractivity contribution in [2.45, 2.75) is 25.8 Å². The summed E-state index contributed by atoms with van der Waals surface area (Å²) in [6.07, 6.45) is 2.61. The average molecular weight is 267 g/mol. The molecule has 1 saturated heterocycles. The van der Waals surface area contributed by atoms with Crippen LogP contribution in [-0.4, -0.2) is 31.6 Å². The number of hydrogen-bond donors (Lipinski definition) is 1. The summed E-state index contributed by atoms with van der Waals surface area (Å²) in [5, 5.41) is 4.10. The van der Waals surface area contributed by atoms with E-state index in [0.717, 1.165) is 17.5 Å². The summed E-state index contributed by atoms with van der Waals surface area (Å²) >= 11 is 5.94. The molecule has 1 heterocycles. The third-order valence-corrected chi connectivity index (χ3v) is 4.29. The van der Waals surface area contributed by atoms with Gasteiger partial charge >= 0.3 is 0 Å². The summed E-state index contributed by atoms with van der Waals surface area (Å²) in [4.78, 5) is 2.58. The van der Waals surface area contributed by atoms with Gasteiger partial charge in [-0.1, -0.05) is 23.7 Å². The maximum absolute atomic E-state index is 5.94. The minimum absolute atomic E-state index is 0.498. The van der Waals surface area contributed by atoms with Crippen LogP contribution in [0.4, 0.5) is 0 Å². The van der Waals surface area contributed by atoms with E-state index in [9.17, 15) is 0 Å². The molecule has 2 rings (SSSR count). The monoisotopic (exact) mass is 266 g/mol. The first kappa shape index (κ1) is 13.9. The number of halogens is 1. The molecule has 0 amide bonds. The normalized spacial score (nSPS) is 19.9. The summed E-state index contributed by atoms with van der Waals surface area (Å²) in [6, 6.07) is 8.76. The second kappa shape index (κ2) is 6.55. The van der Waals surface area contributed by atoms with Crippen LogP contribution in [0.3, 0.4) is 0 Å². The first-order valence-electron chi connectivity index (χ1n) is 6.85. The molecule has 1 atom stereocenters. The highest BCUT2D eigenvalue weighted by Crippen LogP contribution is 2.27. The average Bonchev–Trinajstić information content (AvgIpc) is 2.40. The topological polar surface area (TPSA) is 15.3 Å². The van der Waals surface area contributed by atoms with Gasteiger partial charge in [-0.15, -0.1) is 0 Å². The van der Waals surface area contributed by atoms with Crippen LogP contribution in [0, 0.1) is 5.92 Å². The molecule has 1 fully saturated rings. The van der Waals surface area contributed by atoms with Crippen LogP contribution < -0.4 is 5.32 Å². The van der Waals surface area contributed by atoms with Gasteiger partial charge < -0.3 is 5.32 Å². The van der Waals surface area contributed by atoms with Crippen LogP contribution in [-0.2, 0) is 0 Å². The molecular formula is C15H23ClN2. The largest absolute Gasteiger partial charge is 0.319 e. The number of nitrogens with zero attached hydrogens (tertiary/aromatic N) is 1. The van der Waals surface area contributed by atoms with Crippen LogP contribution in [0.5, 0.6) is 0 Å². The van der Waals surface area contributed by atoms with Gasteiger partial charge in [0.1, 0.15) is 0 Å². The van der Waals surface area contributed by atoms with Crippen molar-refractivity contribution in [2.24, 2.45) is 5.92 Å². The fraction of sp³-hybridized carbons (Fsp3) is 0.600. The summed E-state index contributed by atoms with van der Waals surface area (Å²) in [6.45, 7) is 5.86. The number of nitrogens with one attached hydrogen (secondary N) is 1. The van der Waals surface area contributed by atoms with Crippen molar-refractivity contribution in [2.75, 3.05) is 26.7 Å². The van der Waals surface area contributed by atoms with Crippen molar-refractivity contribution in [1.29, 1.82) is 0 Å². The molecule has 1 aliphatic heterocycles. The predicted molar refractivity (Wildman–Crippen MR) is 78.1 cm³/mol. The lowest BCUT2D eigenvalue weighted by Crippen LogP contribution is -2.38. The molecule has 0 saturated carbocycles. The zero-order valence-electron chi connectivity index (χ0n) is 11.3. The number of benzene rings is 1. The molecular weight excluding hydrogens is 244 g/mol. The number of rotatable bonds is 4. The lowest BCUT2D eigenvalue weighted by atomic mass is 9.94. The number of piperidine rings is 1. The van der Waals surface area contributed by atoms with Crippen molar-refractivity contribution in [3.63, 3.8) is 0 Å². The highest BCUT2D eigenvalue weighted by molar-refractivity contribution is 6.30. The summed E-state index contributed by atoms with van der Waals surface area (Å²) in [5.41, 5.74) is 1.37. The molecule has 0 aliphatic carbocycles. The van der Waals surface area contributed by atoms with Crippen molar-refractivity contribution < 1.29 is 0 Å². The minimum Gasteiger partial charge on any atom is -0.319 e. The van der Waals surface area contributed by atoms with Crippen LogP contribution in [0.15, 0.2) is 24.3 Å². The zero-order chi connectivity index (χ0) is 13.0. The highest BCUT2D eigenvalue weighted by Gasteiger charge is 2.22. The Hall–Kier alpha value is -0.570. The Morgan fingerprint density at radius 3 is 2.44 bits per heavy atom. The van der Waals surface area contributed by atoms with Gasteiger partial charge in [0, 0.05) is 11.1 Å². The van der Waals surface area contributed by atoms with E-state index < -0.39 is 0 Å². The van der Waals surface area contributed by atoms with Gasteiger partial charge in [0.15, 0.2) is 0 Å². The first-order chi connectivity index (χ1) is 8.70. The summed E-state index contributed by atoms with van der Waals surface area (Å²) in [7, 11) is 2.04. The van der Waals surface area contributed by atoms with Crippen molar-refractivity contribution >= 4 is 11.6 Å². The lowest BCUT2D eigenvalue weighted by molar-refractivity contribution is 0.141. The van der Waals surface area contributed by atoms with Crippen LogP contribution >= 0.6 is 11.6 Å². The van der Waals surface area contributed by atoms with Gasteiger partial charge in [-0.05, 0) is 70.1 Å². The van der Waals surface area contributed by atoms with Gasteiger partial charge in [0.25, 0.3) is 0 Å². The third-order valence-electron chi connectivity index (χ3n) is 4.04. The van der Waals surface area contributed by atoms with Crippen LogP contribution in [0.2, 0.25) is 5.02 Å². The van der Waals surface area contributed by atoms with Crippen molar-refractivity contribution in [3.05, 3.63) is 34.9 Å². The molecule has 1 aromatic carbocycles. The molecule has 3 heteroatoms. The standard InChI is InChI=1S/C15H23ClN2/c1-12(14-3-5-15(16)6-4-14)18-9-7-13(8-10-18)11-17-2/h3-6,12-13,17H,7-11H2,1-2H3. The van der Waals surface area contributed by atoms with E-state index in [-0.39, 0.29) is 0 Å². The van der Waals surface area contributed by atoms with E-state index in [2.05, 4.69) is 29.3 Å². The Morgan fingerprint density at radius 1 is 1.28 bits per heavy atom. The quantitative estimate of drug-likeness (QED) is 0.899. The molecule has 18 heavy (non-hydrogen) atoms. The Bertz CT molecular complexity index is 355. The Labute approximate surface area is 115 Å². The third kappa shape index (κ3) is 3.47. The molecule has 0 spiro atoms. The zero-order valence-corrected chi connectivity index (χ0v) is 12.1. The molecule has 0 radical (unpaired) electrons. The number of hydrogen-bond acceptors (Lipinski definition) is 2. The molecule has 1 N–H and O–H groups in total. The van der Waals surface area contributed by atoms with Gasteiger partial charge in [-0.2, -0.15) is 0 Å². The predicted octanol–water partition coefficient (Wildman–Crippen LogP) is 3.33. The summed E-state index contributed by atoms with van der Waals surface area (Å²) in [5.74, 6) is 0.851. The van der Waals surface area contributed by atoms with Gasteiger partial charge in [0.2, 0.25) is 0 Å². The molecule has 100 valence electrons. The first-order valence-corrected chi connectivity index (χ1v) is 7.22. The minimum atomic E-state index is 0.498. The van der Waals surface area contributed by atoms with E-state index >= 15 is 0 Å². The van der Waals surface area contributed by atoms with Gasteiger partial charge in [0.05, 0.1) is 0 Å². The molecule has 0 aromatic heterocycles. The van der Waals surface area contributed by atoms with Crippen LogP contribution in [0.25, 0.3) is 0 Å². The molecule has 1 aliphatic rings. The SMILES string of the molecule is CNCC1CCN(C(C)c2ccc(Cl)cc2)CC1. The fourth-order valence-electron chi connectivity index (χ4n) is 2.79. The summed E-state index contributed by atoms with van der Waals surface area (Å²) < 4.78 is 0. The fourth-order valence-corrected chi connectivity index (χ4v) is 2.91. The molecule has 1 aromatic rings. The molecule has 1 unspecified atom stereocenters. The van der Waals surface area contributed by atoms with E-state index in [1.807, 2.05) is 19.2 Å². The van der Waals surface area contributed by atoms with Crippen molar-refractivity contribution in [1.82, 2.24) is 10.2 Å². The lowest BCUT2D eigenvalue weighted by Gasteiger charge is -2.36. The number of likely N-dealkylation sites (tertiary alicyclic amines) is 1. The van der Waals surface area contributed by atoms with E-state index in [1.165, 1.54) is 31.5 Å². The van der Waals surface area contributed by atoms with Crippen molar-refractivity contribution in [3.8, 4) is 0 Å². The highest BCUT2D eigenvalue weighted by atomic mass is 35.5. The Kier molecular flexibility index (Phi) is 5.04. The smallest absolute Gasteiger partial charge is 0.0406 e. The van der Waals surface area contributed by atoms with E-state index in [1.54, 1.807) is 0 Å². The molecule has 2 nitrogen and oxygen atoms in total. The van der Waals surface area contributed by atoms with E-state index in [4.69, 9.17) is 11.6 Å². The van der Waals surface area contributed by atoms with E-state index in [0.29, 0.717) is 6.04 Å². The second-order valence-electron chi connectivity index (χ2n) is 5.26. The second-order valence-corrected chi connectivity index (χ2v) is 5.70. The Balaban J connectivity index is 1.91. The maximum Gasteiger partial charge on any atom is 0.0406 e. The Morgan fingerprint density at radius 2 is 1.89 bits per heavy atom. The molecule has 0 bridgehead atoms. The van der Waals surface area contributed by atoms with Crippen LogP contribution in [0.1, 0.15) is 31.4 Å². The van der Waals surface area contributed by atoms with Gasteiger partial charge in [-0.25, -0.2) is 0 Å². The maximum atomic E-state index is 5.94. The van der Waals surface area contributed by atoms with Gasteiger partial charge in [-0.3, -0.25) is 4.90 Å².